The zero-order chi connectivity index (χ0) is 15.0. The summed E-state index contributed by atoms with van der Waals surface area (Å²) in [6.07, 6.45) is 0. The van der Waals surface area contributed by atoms with Gasteiger partial charge in [0, 0.05) is 26.9 Å². The molecule has 2 aromatic heterocycles. The summed E-state index contributed by atoms with van der Waals surface area (Å²) in [4.78, 5) is 9.20. The summed E-state index contributed by atoms with van der Waals surface area (Å²) >= 11 is 4.92. The lowest BCUT2D eigenvalue weighted by Gasteiger charge is -2.18. The highest BCUT2D eigenvalue weighted by Gasteiger charge is 2.16. The van der Waals surface area contributed by atoms with Gasteiger partial charge in [-0.3, -0.25) is 0 Å². The summed E-state index contributed by atoms with van der Waals surface area (Å²) in [6, 6.07) is 10.1. The second kappa shape index (κ2) is 5.35. The molecule has 0 fully saturated rings. The summed E-state index contributed by atoms with van der Waals surface area (Å²) in [5.41, 5.74) is 1.67. The molecule has 108 valence electrons. The minimum Gasteiger partial charge on any atom is -0.356 e. The number of hydrogen-bond acceptors (Lipinski definition) is 5. The lowest BCUT2D eigenvalue weighted by molar-refractivity contribution is 0.633. The second-order valence-electron chi connectivity index (χ2n) is 5.81. The van der Waals surface area contributed by atoms with E-state index in [4.69, 9.17) is 0 Å². The minimum atomic E-state index is -0.0369. The van der Waals surface area contributed by atoms with Crippen molar-refractivity contribution < 1.29 is 0 Å². The smallest absolute Gasteiger partial charge is 0.203 e. The first-order valence-electron chi connectivity index (χ1n) is 6.60. The Bertz CT molecular complexity index is 792. The van der Waals surface area contributed by atoms with E-state index in [1.54, 1.807) is 0 Å². The van der Waals surface area contributed by atoms with Gasteiger partial charge in [0.05, 0.1) is 5.52 Å². The van der Waals surface area contributed by atoms with Gasteiger partial charge < -0.3 is 5.32 Å². The van der Waals surface area contributed by atoms with Gasteiger partial charge in [0.2, 0.25) is 5.13 Å². The second-order valence-corrected chi connectivity index (χ2v) is 7.42. The highest BCUT2D eigenvalue weighted by atomic mass is 79.9. The van der Waals surface area contributed by atoms with Crippen LogP contribution in [-0.2, 0) is 0 Å². The SMILES string of the molecule is CC(C)(C)Nc1nc(-c2nc3ccccc3cc2Br)ns1. The Morgan fingerprint density at radius 2 is 1.90 bits per heavy atom. The molecule has 2 heterocycles. The Morgan fingerprint density at radius 3 is 2.67 bits per heavy atom. The third-order valence-corrected chi connectivity index (χ3v) is 4.03. The Morgan fingerprint density at radius 1 is 1.14 bits per heavy atom. The Hall–Kier alpha value is -1.53. The lowest BCUT2D eigenvalue weighted by atomic mass is 10.1. The molecule has 0 bridgehead atoms. The molecule has 0 radical (unpaired) electrons. The average molecular weight is 363 g/mol. The standard InChI is InChI=1S/C15H15BrN4S/c1-15(2,3)19-14-18-13(20-21-14)12-10(16)8-9-6-4-5-7-11(9)17-12/h4-8H,1-3H3,(H,18,19,20). The average Bonchev–Trinajstić information content (AvgIpc) is 2.84. The third-order valence-electron chi connectivity index (χ3n) is 2.80. The molecule has 3 aromatic rings. The van der Waals surface area contributed by atoms with Crippen molar-refractivity contribution >= 4 is 43.5 Å². The predicted molar refractivity (Wildman–Crippen MR) is 91.7 cm³/mol. The zero-order valence-electron chi connectivity index (χ0n) is 12.0. The summed E-state index contributed by atoms with van der Waals surface area (Å²) in [5, 5.41) is 5.23. The monoisotopic (exact) mass is 362 g/mol. The van der Waals surface area contributed by atoms with Gasteiger partial charge in [0.25, 0.3) is 0 Å². The van der Waals surface area contributed by atoms with Crippen LogP contribution < -0.4 is 5.32 Å². The number of rotatable bonds is 2. The van der Waals surface area contributed by atoms with E-state index in [9.17, 15) is 0 Å². The van der Waals surface area contributed by atoms with Crippen molar-refractivity contribution in [2.24, 2.45) is 0 Å². The third kappa shape index (κ3) is 3.22. The lowest BCUT2D eigenvalue weighted by Crippen LogP contribution is -2.25. The maximum atomic E-state index is 4.66. The molecule has 0 saturated heterocycles. The molecule has 0 atom stereocenters. The molecular weight excluding hydrogens is 348 g/mol. The molecule has 0 aliphatic heterocycles. The van der Waals surface area contributed by atoms with Crippen LogP contribution in [0.4, 0.5) is 5.13 Å². The number of halogens is 1. The van der Waals surface area contributed by atoms with E-state index in [1.165, 1.54) is 11.5 Å². The van der Waals surface area contributed by atoms with E-state index in [1.807, 2.05) is 24.3 Å². The van der Waals surface area contributed by atoms with Crippen LogP contribution in [0.5, 0.6) is 0 Å². The quantitative estimate of drug-likeness (QED) is 0.715. The van der Waals surface area contributed by atoms with E-state index in [-0.39, 0.29) is 5.54 Å². The van der Waals surface area contributed by atoms with Crippen LogP contribution in [0.15, 0.2) is 34.8 Å². The fourth-order valence-corrected chi connectivity index (χ4v) is 3.23. The van der Waals surface area contributed by atoms with Gasteiger partial charge in [0.15, 0.2) is 5.82 Å². The van der Waals surface area contributed by atoms with Crippen LogP contribution in [-0.4, -0.2) is 19.9 Å². The number of nitrogens with one attached hydrogen (secondary N) is 1. The van der Waals surface area contributed by atoms with Gasteiger partial charge in [-0.2, -0.15) is 9.36 Å². The highest BCUT2D eigenvalue weighted by Crippen LogP contribution is 2.30. The molecule has 6 heteroatoms. The van der Waals surface area contributed by atoms with Gasteiger partial charge in [0.1, 0.15) is 5.69 Å². The van der Waals surface area contributed by atoms with Gasteiger partial charge in [-0.1, -0.05) is 18.2 Å². The number of benzene rings is 1. The fraction of sp³-hybridized carbons (Fsp3) is 0.267. The van der Waals surface area contributed by atoms with Gasteiger partial charge in [-0.05, 0) is 48.8 Å². The highest BCUT2D eigenvalue weighted by molar-refractivity contribution is 9.10. The maximum absolute atomic E-state index is 4.66. The molecule has 3 rings (SSSR count). The summed E-state index contributed by atoms with van der Waals surface area (Å²) < 4.78 is 5.32. The normalized spacial score (nSPS) is 11.8. The van der Waals surface area contributed by atoms with Crippen LogP contribution in [0, 0.1) is 0 Å². The molecule has 1 aromatic carbocycles. The topological polar surface area (TPSA) is 50.7 Å². The number of pyridine rings is 1. The van der Waals surface area contributed by atoms with Crippen LogP contribution in [0.3, 0.4) is 0 Å². The van der Waals surface area contributed by atoms with Crippen molar-refractivity contribution in [2.45, 2.75) is 26.3 Å². The number of nitrogens with zero attached hydrogens (tertiary/aromatic N) is 3. The molecule has 21 heavy (non-hydrogen) atoms. The minimum absolute atomic E-state index is 0.0369. The van der Waals surface area contributed by atoms with Crippen molar-refractivity contribution in [3.63, 3.8) is 0 Å². The first-order chi connectivity index (χ1) is 9.92. The largest absolute Gasteiger partial charge is 0.356 e. The van der Waals surface area contributed by atoms with E-state index in [0.717, 1.165) is 26.2 Å². The van der Waals surface area contributed by atoms with Crippen molar-refractivity contribution in [3.05, 3.63) is 34.8 Å². The van der Waals surface area contributed by atoms with Crippen LogP contribution >= 0.6 is 27.5 Å². The molecule has 0 unspecified atom stereocenters. The molecule has 0 amide bonds. The number of anilines is 1. The molecule has 0 aliphatic carbocycles. The van der Waals surface area contributed by atoms with E-state index in [2.05, 4.69) is 62.4 Å². The number of aromatic nitrogens is 3. The Labute approximate surface area is 135 Å². The van der Waals surface area contributed by atoms with Gasteiger partial charge in [-0.25, -0.2) is 4.98 Å². The molecule has 4 nitrogen and oxygen atoms in total. The number of para-hydroxylation sites is 1. The maximum Gasteiger partial charge on any atom is 0.203 e. The predicted octanol–water partition coefficient (Wildman–Crippen LogP) is 4.73. The van der Waals surface area contributed by atoms with E-state index >= 15 is 0 Å². The molecule has 0 aliphatic rings. The first-order valence-corrected chi connectivity index (χ1v) is 8.16. The van der Waals surface area contributed by atoms with Gasteiger partial charge in [-0.15, -0.1) is 0 Å². The van der Waals surface area contributed by atoms with Gasteiger partial charge >= 0.3 is 0 Å². The molecule has 1 N–H and O–H groups in total. The Kier molecular flexibility index (Phi) is 3.67. The van der Waals surface area contributed by atoms with E-state index in [0.29, 0.717) is 5.82 Å². The van der Waals surface area contributed by atoms with Crippen molar-refractivity contribution in [1.29, 1.82) is 0 Å². The zero-order valence-corrected chi connectivity index (χ0v) is 14.4. The Balaban J connectivity index is 2.02. The molecule has 0 saturated carbocycles. The molecular formula is C15H15BrN4S. The summed E-state index contributed by atoms with van der Waals surface area (Å²) in [5.74, 6) is 0.643. The fourth-order valence-electron chi connectivity index (χ4n) is 1.94. The van der Waals surface area contributed by atoms with E-state index < -0.39 is 0 Å². The van der Waals surface area contributed by atoms with Crippen LogP contribution in [0.25, 0.3) is 22.4 Å². The van der Waals surface area contributed by atoms with Crippen molar-refractivity contribution in [3.8, 4) is 11.5 Å². The molecule has 0 spiro atoms. The first kappa shape index (κ1) is 14.4. The summed E-state index contributed by atoms with van der Waals surface area (Å²) in [6.45, 7) is 6.29. The van der Waals surface area contributed by atoms with Crippen molar-refractivity contribution in [2.75, 3.05) is 5.32 Å². The van der Waals surface area contributed by atoms with Crippen LogP contribution in [0.1, 0.15) is 20.8 Å². The summed E-state index contributed by atoms with van der Waals surface area (Å²) in [7, 11) is 0. The number of fused-ring (bicyclic) bond motifs is 1. The van der Waals surface area contributed by atoms with Crippen molar-refractivity contribution in [1.82, 2.24) is 14.3 Å². The van der Waals surface area contributed by atoms with Crippen LogP contribution in [0.2, 0.25) is 0 Å². The number of hydrogen-bond donors (Lipinski definition) is 1.